The minimum atomic E-state index is -0.0435. The molecule has 0 saturated heterocycles. The first-order valence-corrected chi connectivity index (χ1v) is 26.9. The Bertz CT molecular complexity index is 3680. The van der Waals surface area contributed by atoms with Crippen LogP contribution in [0, 0.1) is 20.8 Å². The molecule has 0 saturated carbocycles. The molecule has 352 valence electrons. The molecule has 0 fully saturated rings. The molecule has 71 heavy (non-hydrogen) atoms. The van der Waals surface area contributed by atoms with Crippen molar-refractivity contribution in [2.24, 2.45) is 0 Å². The number of aryl methyl sites for hydroxylation is 3. The zero-order chi connectivity index (χ0) is 49.5. The lowest BCUT2D eigenvalue weighted by Crippen LogP contribution is -2.60. The first-order chi connectivity index (χ1) is 33.8. The lowest BCUT2D eigenvalue weighted by atomic mass is 9.35. The molecule has 0 amide bonds. The van der Waals surface area contributed by atoms with Crippen molar-refractivity contribution in [1.82, 2.24) is 0 Å². The predicted molar refractivity (Wildman–Crippen MR) is 314 cm³/mol. The number of thiophene rings is 2. The van der Waals surface area contributed by atoms with Crippen molar-refractivity contribution in [1.29, 1.82) is 0 Å². The van der Waals surface area contributed by atoms with E-state index in [1.54, 1.807) is 0 Å². The largest absolute Gasteiger partial charge is 0.311 e. The van der Waals surface area contributed by atoms with Gasteiger partial charge in [0, 0.05) is 59.4 Å². The number of fused-ring (bicyclic) bond motifs is 10. The average Bonchev–Trinajstić information content (AvgIpc) is 3.91. The van der Waals surface area contributed by atoms with Gasteiger partial charge in [-0.2, -0.15) is 0 Å². The van der Waals surface area contributed by atoms with E-state index in [0.717, 1.165) is 17.1 Å². The number of nitrogens with zero attached hydrogens (tertiary/aromatic N) is 3. The topological polar surface area (TPSA) is 9.72 Å². The third-order valence-electron chi connectivity index (χ3n) is 15.1. The van der Waals surface area contributed by atoms with Crippen LogP contribution in [0.1, 0.15) is 95.7 Å². The number of benzene rings is 8. The molecule has 0 N–H and O–H groups in total. The zero-order valence-electron chi connectivity index (χ0n) is 43.2. The Morgan fingerprint density at radius 2 is 0.930 bits per heavy atom. The molecule has 0 atom stereocenters. The van der Waals surface area contributed by atoms with E-state index in [1.165, 1.54) is 113 Å². The summed E-state index contributed by atoms with van der Waals surface area (Å²) in [6.45, 7) is 27.5. The maximum Gasteiger partial charge on any atom is 0.265 e. The fourth-order valence-corrected chi connectivity index (χ4v) is 13.7. The van der Waals surface area contributed by atoms with Crippen molar-refractivity contribution in [3.05, 3.63) is 191 Å². The molecule has 0 spiro atoms. The second-order valence-electron chi connectivity index (χ2n) is 23.3. The third kappa shape index (κ3) is 7.43. The van der Waals surface area contributed by atoms with Gasteiger partial charge in [0.25, 0.3) is 6.71 Å². The van der Waals surface area contributed by atoms with Crippen molar-refractivity contribution in [2.45, 2.75) is 99.3 Å². The van der Waals surface area contributed by atoms with Gasteiger partial charge in [0.05, 0.1) is 16.1 Å². The molecule has 8 aromatic carbocycles. The van der Waals surface area contributed by atoms with E-state index in [4.69, 9.17) is 0 Å². The average molecular weight is 960 g/mol. The molecule has 2 aromatic heterocycles. The molecule has 2 aliphatic rings. The summed E-state index contributed by atoms with van der Waals surface area (Å²) >= 11 is 3.92. The molecule has 12 rings (SSSR count). The number of hydrogen-bond donors (Lipinski definition) is 0. The first-order valence-electron chi connectivity index (χ1n) is 25.3. The molecule has 6 heteroatoms. The smallest absolute Gasteiger partial charge is 0.265 e. The van der Waals surface area contributed by atoms with Gasteiger partial charge in [-0.1, -0.05) is 146 Å². The Kier molecular flexibility index (Phi) is 10.4. The van der Waals surface area contributed by atoms with Gasteiger partial charge < -0.3 is 14.7 Å². The first kappa shape index (κ1) is 45.5. The molecule has 0 unspecified atom stereocenters. The van der Waals surface area contributed by atoms with E-state index in [0.29, 0.717) is 0 Å². The van der Waals surface area contributed by atoms with Gasteiger partial charge in [-0.15, -0.1) is 22.7 Å². The Morgan fingerprint density at radius 1 is 0.437 bits per heavy atom. The van der Waals surface area contributed by atoms with Crippen molar-refractivity contribution >= 4 is 127 Å². The van der Waals surface area contributed by atoms with E-state index in [1.807, 2.05) is 22.7 Å². The second kappa shape index (κ2) is 16.2. The van der Waals surface area contributed by atoms with Crippen LogP contribution in [0.5, 0.6) is 0 Å². The summed E-state index contributed by atoms with van der Waals surface area (Å²) in [7, 11) is 0. The van der Waals surface area contributed by atoms with Gasteiger partial charge in [-0.3, -0.25) is 0 Å². The molecule has 0 aliphatic carbocycles. The molecule has 3 nitrogen and oxygen atoms in total. The van der Waals surface area contributed by atoms with E-state index in [2.05, 4.69) is 256 Å². The van der Waals surface area contributed by atoms with Crippen molar-refractivity contribution in [2.75, 3.05) is 14.7 Å². The molecule has 0 radical (unpaired) electrons. The maximum atomic E-state index is 2.63. The Balaban J connectivity index is 1.25. The standard InChI is InChI=1S/C65H62BN3S2/c1-39-17-26-45(27-18-39)67(46-28-19-40(2)20-29-46)54-38-53-59(57-49-15-13-14-16-55(49)70-61(54)57)66-58-51(68(53)47-30-21-42(22-31-47)63(4,5)6)35-41(3)36-52(58)69(48-32-23-43(24-33-48)64(7,8)9)60-50-37-44(65(10,11)12)25-34-56(50)71-62(60)66/h13-38H,1-12H3. The lowest BCUT2D eigenvalue weighted by Gasteiger charge is -2.44. The van der Waals surface area contributed by atoms with Gasteiger partial charge >= 0.3 is 0 Å². The summed E-state index contributed by atoms with van der Waals surface area (Å²) in [6.07, 6.45) is 0. The van der Waals surface area contributed by atoms with Crippen LogP contribution in [-0.4, -0.2) is 6.71 Å². The molecule has 2 aliphatic heterocycles. The van der Waals surface area contributed by atoms with Crippen LogP contribution < -0.4 is 30.4 Å². The van der Waals surface area contributed by atoms with Crippen LogP contribution >= 0.6 is 22.7 Å². The van der Waals surface area contributed by atoms with E-state index in [-0.39, 0.29) is 23.0 Å². The zero-order valence-corrected chi connectivity index (χ0v) is 44.9. The van der Waals surface area contributed by atoms with Crippen LogP contribution in [0.2, 0.25) is 0 Å². The highest BCUT2D eigenvalue weighted by molar-refractivity contribution is 7.34. The number of hydrogen-bond acceptors (Lipinski definition) is 5. The minimum Gasteiger partial charge on any atom is -0.311 e. The normalized spacial score (nSPS) is 13.5. The second-order valence-corrected chi connectivity index (χ2v) is 25.5. The van der Waals surface area contributed by atoms with Crippen LogP contribution in [0.4, 0.5) is 51.2 Å². The van der Waals surface area contributed by atoms with Crippen LogP contribution in [0.3, 0.4) is 0 Å². The van der Waals surface area contributed by atoms with E-state index < -0.39 is 0 Å². The Hall–Kier alpha value is -6.60. The highest BCUT2D eigenvalue weighted by atomic mass is 32.1. The summed E-state index contributed by atoms with van der Waals surface area (Å²) in [5.41, 5.74) is 21.3. The molecule has 0 bridgehead atoms. The quantitative estimate of drug-likeness (QED) is 0.159. The lowest BCUT2D eigenvalue weighted by molar-refractivity contribution is 0.590. The molecular formula is C65H62BN3S2. The summed E-state index contributed by atoms with van der Waals surface area (Å²) < 4.78 is 5.30. The monoisotopic (exact) mass is 959 g/mol. The fraction of sp³-hybridized carbons (Fsp3) is 0.231. The highest BCUT2D eigenvalue weighted by Gasteiger charge is 2.47. The van der Waals surface area contributed by atoms with Crippen molar-refractivity contribution in [3.63, 3.8) is 0 Å². The highest BCUT2D eigenvalue weighted by Crippen LogP contribution is 2.53. The molecule has 10 aromatic rings. The third-order valence-corrected chi connectivity index (χ3v) is 17.5. The van der Waals surface area contributed by atoms with Gasteiger partial charge in [0.2, 0.25) is 0 Å². The number of anilines is 9. The van der Waals surface area contributed by atoms with Crippen LogP contribution in [0.25, 0.3) is 30.3 Å². The molecular weight excluding hydrogens is 898 g/mol. The van der Waals surface area contributed by atoms with Crippen LogP contribution in [-0.2, 0) is 16.2 Å². The van der Waals surface area contributed by atoms with Gasteiger partial charge in [0.15, 0.2) is 0 Å². The van der Waals surface area contributed by atoms with Crippen LogP contribution in [0.15, 0.2) is 158 Å². The SMILES string of the molecule is Cc1ccc(N(c2ccc(C)cc2)c2cc3c(c4c2sc2ccccc24)B2c4sc5ccc(C(C)(C)C)cc5c4N(c4ccc(C(C)(C)C)cc4)c4cc(C)cc(c42)N3c2ccc(C(C)(C)C)cc2)cc1. The summed E-state index contributed by atoms with van der Waals surface area (Å²) in [5.74, 6) is 0. The number of rotatable bonds is 5. The van der Waals surface area contributed by atoms with Crippen molar-refractivity contribution in [3.8, 4) is 0 Å². The summed E-state index contributed by atoms with van der Waals surface area (Å²) in [5, 5.41) is 3.96. The summed E-state index contributed by atoms with van der Waals surface area (Å²) in [6, 6.07) is 61.0. The van der Waals surface area contributed by atoms with Crippen molar-refractivity contribution < 1.29 is 0 Å². The summed E-state index contributed by atoms with van der Waals surface area (Å²) in [4.78, 5) is 7.77. The van der Waals surface area contributed by atoms with Gasteiger partial charge in [-0.25, -0.2) is 0 Å². The molecule has 4 heterocycles. The predicted octanol–water partition coefficient (Wildman–Crippen LogP) is 17.6. The Morgan fingerprint density at radius 3 is 1.49 bits per heavy atom. The maximum absolute atomic E-state index is 2.63. The van der Waals surface area contributed by atoms with Gasteiger partial charge in [-0.05, 0) is 166 Å². The van der Waals surface area contributed by atoms with E-state index >= 15 is 0 Å². The minimum absolute atomic E-state index is 0.0108. The Labute approximate surface area is 429 Å². The van der Waals surface area contributed by atoms with Gasteiger partial charge in [0.1, 0.15) is 0 Å². The fourth-order valence-electron chi connectivity index (χ4n) is 11.2. The van der Waals surface area contributed by atoms with E-state index in [9.17, 15) is 0 Å².